The van der Waals surface area contributed by atoms with Crippen LogP contribution in [0, 0.1) is 13.8 Å². The van der Waals surface area contributed by atoms with Gasteiger partial charge in [0, 0.05) is 27.6 Å². The number of rotatable bonds is 9. The molecule has 0 aliphatic heterocycles. The van der Waals surface area contributed by atoms with Crippen LogP contribution in [0.25, 0.3) is 55.9 Å². The molecule has 2 heteroatoms. The van der Waals surface area contributed by atoms with Crippen molar-refractivity contribution >= 4 is 0 Å². The molecular formula is C51H48N2. The van der Waals surface area contributed by atoms with Gasteiger partial charge in [0.25, 0.3) is 0 Å². The molecule has 0 amide bonds. The summed E-state index contributed by atoms with van der Waals surface area (Å²) in [7, 11) is 0. The van der Waals surface area contributed by atoms with Crippen molar-refractivity contribution in [2.45, 2.75) is 71.1 Å². The highest BCUT2D eigenvalue weighted by molar-refractivity contribution is 5.85. The average molecular weight is 692 g/mol. The van der Waals surface area contributed by atoms with Crippen LogP contribution in [0.5, 0.6) is 0 Å². The van der Waals surface area contributed by atoms with Gasteiger partial charge in [0.1, 0.15) is 0 Å². The number of benzene rings is 5. The highest BCUT2D eigenvalue weighted by atomic mass is 14.7. The van der Waals surface area contributed by atoms with E-state index in [1.54, 1.807) is 6.20 Å². The molecular weight excluding hydrogens is 641 g/mol. The number of hydrogen-bond donors (Lipinski definition) is 0. The van der Waals surface area contributed by atoms with Gasteiger partial charge in [-0.3, -0.25) is 9.97 Å². The zero-order valence-corrected chi connectivity index (χ0v) is 30.8. The summed E-state index contributed by atoms with van der Waals surface area (Å²) < 4.78 is 24.9. The van der Waals surface area contributed by atoms with E-state index in [0.29, 0.717) is 5.56 Å². The van der Waals surface area contributed by atoms with Crippen molar-refractivity contribution in [1.29, 1.82) is 0 Å². The molecule has 1 fully saturated rings. The Bertz CT molecular complexity index is 2430. The van der Waals surface area contributed by atoms with Crippen molar-refractivity contribution in [2.24, 2.45) is 0 Å². The summed E-state index contributed by atoms with van der Waals surface area (Å²) >= 11 is 0. The smallest absolute Gasteiger partial charge is 0.0708 e. The maximum atomic E-state index is 8.30. The molecule has 53 heavy (non-hydrogen) atoms. The summed E-state index contributed by atoms with van der Waals surface area (Å²) in [5, 5.41) is 0. The highest BCUT2D eigenvalue weighted by Gasteiger charge is 2.28. The van der Waals surface area contributed by atoms with Crippen molar-refractivity contribution in [3.63, 3.8) is 0 Å². The van der Waals surface area contributed by atoms with Gasteiger partial charge < -0.3 is 0 Å². The van der Waals surface area contributed by atoms with Crippen LogP contribution in [0.4, 0.5) is 0 Å². The van der Waals surface area contributed by atoms with E-state index in [-0.39, 0.29) is 11.0 Å². The SMILES string of the molecule is [2H]C([2H])([2H])c1cnc(-c2ccc(-c3ccccc3-c3cc(C)cc(CCc4ccc(-c5ccccn5)cc4)c3)cc2)cc1-c1ccc(C2(C)CCCCC2)cc1. The fourth-order valence-electron chi connectivity index (χ4n) is 8.16. The topological polar surface area (TPSA) is 25.8 Å². The molecule has 2 aromatic heterocycles. The van der Waals surface area contributed by atoms with E-state index < -0.39 is 6.85 Å². The second-order valence-electron chi connectivity index (χ2n) is 15.1. The third kappa shape index (κ3) is 7.64. The first kappa shape index (κ1) is 31.0. The van der Waals surface area contributed by atoms with Gasteiger partial charge in [-0.15, -0.1) is 0 Å². The van der Waals surface area contributed by atoms with Crippen LogP contribution < -0.4 is 0 Å². The summed E-state index contributed by atoms with van der Waals surface area (Å²) in [6.45, 7) is 2.27. The van der Waals surface area contributed by atoms with E-state index in [4.69, 9.17) is 4.11 Å². The molecule has 5 aromatic carbocycles. The van der Waals surface area contributed by atoms with Crippen LogP contribution in [0.1, 0.15) is 71.0 Å². The fourth-order valence-corrected chi connectivity index (χ4v) is 8.16. The molecule has 2 nitrogen and oxygen atoms in total. The molecule has 1 aliphatic carbocycles. The lowest BCUT2D eigenvalue weighted by Crippen LogP contribution is -2.24. The van der Waals surface area contributed by atoms with Crippen LogP contribution in [0.2, 0.25) is 0 Å². The van der Waals surface area contributed by atoms with Gasteiger partial charge in [-0.1, -0.05) is 153 Å². The lowest BCUT2D eigenvalue weighted by molar-refractivity contribution is 0.319. The first-order valence-electron chi connectivity index (χ1n) is 20.6. The second-order valence-corrected chi connectivity index (χ2v) is 15.1. The Morgan fingerprint density at radius 2 is 1.17 bits per heavy atom. The van der Waals surface area contributed by atoms with Crippen molar-refractivity contribution in [3.05, 3.63) is 180 Å². The van der Waals surface area contributed by atoms with Crippen molar-refractivity contribution < 1.29 is 4.11 Å². The monoisotopic (exact) mass is 691 g/mol. The van der Waals surface area contributed by atoms with Crippen LogP contribution in [0.15, 0.2) is 152 Å². The lowest BCUT2D eigenvalue weighted by atomic mass is 9.71. The average Bonchev–Trinajstić information content (AvgIpc) is 3.23. The molecule has 1 aliphatic rings. The fraction of sp³-hybridized carbons (Fsp3) is 0.216. The number of hydrogen-bond acceptors (Lipinski definition) is 2. The highest BCUT2D eigenvalue weighted by Crippen LogP contribution is 2.40. The predicted octanol–water partition coefficient (Wildman–Crippen LogP) is 13.4. The third-order valence-electron chi connectivity index (χ3n) is 11.2. The second kappa shape index (κ2) is 15.2. The Hall–Kier alpha value is -5.60. The Morgan fingerprint density at radius 1 is 0.547 bits per heavy atom. The Morgan fingerprint density at radius 3 is 1.89 bits per heavy atom. The maximum absolute atomic E-state index is 8.30. The minimum Gasteiger partial charge on any atom is -0.256 e. The van der Waals surface area contributed by atoms with Crippen LogP contribution in [-0.2, 0) is 18.3 Å². The van der Waals surface area contributed by atoms with Gasteiger partial charge in [0.2, 0.25) is 0 Å². The first-order chi connectivity index (χ1) is 27.1. The molecule has 2 heterocycles. The van der Waals surface area contributed by atoms with Crippen LogP contribution >= 0.6 is 0 Å². The van der Waals surface area contributed by atoms with Gasteiger partial charge in [-0.25, -0.2) is 0 Å². The van der Waals surface area contributed by atoms with Gasteiger partial charge in [0.15, 0.2) is 0 Å². The molecule has 0 saturated heterocycles. The molecule has 262 valence electrons. The first-order valence-corrected chi connectivity index (χ1v) is 19.1. The largest absolute Gasteiger partial charge is 0.256 e. The van der Waals surface area contributed by atoms with E-state index in [2.05, 4.69) is 139 Å². The molecule has 8 rings (SSSR count). The van der Waals surface area contributed by atoms with Crippen molar-refractivity contribution in [2.75, 3.05) is 0 Å². The molecule has 1 saturated carbocycles. The van der Waals surface area contributed by atoms with E-state index in [0.717, 1.165) is 46.5 Å². The number of aryl methyl sites for hydroxylation is 4. The van der Waals surface area contributed by atoms with Crippen molar-refractivity contribution in [3.8, 4) is 55.9 Å². The van der Waals surface area contributed by atoms with E-state index >= 15 is 0 Å². The minimum atomic E-state index is -2.27. The van der Waals surface area contributed by atoms with Gasteiger partial charge >= 0.3 is 0 Å². The molecule has 0 spiro atoms. The molecule has 0 N–H and O–H groups in total. The molecule has 0 radical (unpaired) electrons. The maximum Gasteiger partial charge on any atom is 0.0708 e. The van der Waals surface area contributed by atoms with Crippen LogP contribution in [-0.4, -0.2) is 9.97 Å². The molecule has 0 unspecified atom stereocenters. The summed E-state index contributed by atoms with van der Waals surface area (Å²) in [5.74, 6) is 0. The van der Waals surface area contributed by atoms with Crippen LogP contribution in [0.3, 0.4) is 0 Å². The van der Waals surface area contributed by atoms with Crippen molar-refractivity contribution in [1.82, 2.24) is 9.97 Å². The molecule has 7 aromatic rings. The number of aromatic nitrogens is 2. The zero-order valence-electron chi connectivity index (χ0n) is 33.8. The summed E-state index contributed by atoms with van der Waals surface area (Å²) in [5.41, 5.74) is 15.8. The standard InChI is InChI=1S/C51H48N2/c1-36-31-39(15-14-38-16-18-42(19-17-38)49-13-7-10-30-52-49)33-44(32-36)47-12-6-5-11-46(47)40-20-22-43(23-21-40)50-34-48(37(2)35-53-50)41-24-26-45(27-25-41)51(3)28-8-4-9-29-51/h5-7,10-13,16-27,30-35H,4,8-9,14-15,28-29H2,1-3H3/i2D3. The quantitative estimate of drug-likeness (QED) is 0.151. The Kier molecular flexibility index (Phi) is 8.87. The summed E-state index contributed by atoms with van der Waals surface area (Å²) in [6.07, 6.45) is 11.5. The number of nitrogens with zero attached hydrogens (tertiary/aromatic N) is 2. The summed E-state index contributed by atoms with van der Waals surface area (Å²) in [6, 6.07) is 49.3. The van der Waals surface area contributed by atoms with Gasteiger partial charge in [-0.2, -0.15) is 0 Å². The number of pyridine rings is 2. The Balaban J connectivity index is 1.03. The van der Waals surface area contributed by atoms with Gasteiger partial charge in [-0.05, 0) is 119 Å². The lowest BCUT2D eigenvalue weighted by Gasteiger charge is -2.34. The van der Waals surface area contributed by atoms with E-state index in [9.17, 15) is 0 Å². The third-order valence-corrected chi connectivity index (χ3v) is 11.2. The molecule has 0 atom stereocenters. The normalized spacial score (nSPS) is 14.9. The zero-order chi connectivity index (χ0) is 38.7. The predicted molar refractivity (Wildman–Crippen MR) is 223 cm³/mol. The molecule has 0 bridgehead atoms. The Labute approximate surface area is 319 Å². The minimum absolute atomic E-state index is 0.185. The van der Waals surface area contributed by atoms with E-state index in [1.165, 1.54) is 71.0 Å². The summed E-state index contributed by atoms with van der Waals surface area (Å²) in [4.78, 5) is 9.17. The van der Waals surface area contributed by atoms with E-state index in [1.807, 2.05) is 30.5 Å². The van der Waals surface area contributed by atoms with Gasteiger partial charge in [0.05, 0.1) is 11.4 Å².